The number of rotatable bonds is 1. The fourth-order valence-corrected chi connectivity index (χ4v) is 2.65. The number of imidazole rings is 1. The Morgan fingerprint density at radius 2 is 2.28 bits per heavy atom. The topological polar surface area (TPSA) is 62.8 Å². The first kappa shape index (κ1) is 11.1. The highest BCUT2D eigenvalue weighted by Crippen LogP contribution is 2.21. The number of hydrogen-bond donors (Lipinski definition) is 1. The van der Waals surface area contributed by atoms with Crippen LogP contribution in [0, 0.1) is 11.3 Å². The van der Waals surface area contributed by atoms with Crippen molar-refractivity contribution in [2.75, 3.05) is 13.1 Å². The summed E-state index contributed by atoms with van der Waals surface area (Å²) in [7, 11) is 1.77. The van der Waals surface area contributed by atoms with Crippen molar-refractivity contribution in [2.24, 2.45) is 7.05 Å². The van der Waals surface area contributed by atoms with E-state index in [1.165, 1.54) is 0 Å². The van der Waals surface area contributed by atoms with E-state index in [0.717, 1.165) is 30.5 Å². The van der Waals surface area contributed by atoms with Crippen LogP contribution in [0.25, 0.3) is 11.0 Å². The average Bonchev–Trinajstić information content (AvgIpc) is 2.98. The first-order valence-corrected chi connectivity index (χ1v) is 6.04. The maximum Gasteiger partial charge on any atom is 0.329 e. The first-order valence-electron chi connectivity index (χ1n) is 6.04. The molecule has 1 aliphatic rings. The number of benzene rings is 1. The van der Waals surface area contributed by atoms with E-state index in [1.54, 1.807) is 23.7 Å². The Bertz CT molecular complexity index is 698. The van der Waals surface area contributed by atoms with E-state index >= 15 is 0 Å². The van der Waals surface area contributed by atoms with Crippen LogP contribution in [0.1, 0.15) is 18.0 Å². The van der Waals surface area contributed by atoms with Gasteiger partial charge in [0.25, 0.3) is 0 Å². The molecule has 1 N–H and O–H groups in total. The maximum atomic E-state index is 12.3. The lowest BCUT2D eigenvalue weighted by molar-refractivity contribution is 0.535. The Kier molecular flexibility index (Phi) is 2.46. The van der Waals surface area contributed by atoms with Gasteiger partial charge in [-0.25, -0.2) is 4.79 Å². The second kappa shape index (κ2) is 4.00. The predicted molar refractivity (Wildman–Crippen MR) is 68.4 cm³/mol. The van der Waals surface area contributed by atoms with Crippen molar-refractivity contribution in [3.63, 3.8) is 0 Å². The van der Waals surface area contributed by atoms with Crippen LogP contribution in [0.3, 0.4) is 0 Å². The Labute approximate surface area is 104 Å². The van der Waals surface area contributed by atoms with Gasteiger partial charge in [0.15, 0.2) is 0 Å². The molecule has 0 bridgehead atoms. The standard InChI is InChI=1S/C13H14N4O/c1-16-11-3-2-9(7-14)6-12(11)17(13(16)18)10-4-5-15-8-10/h2-3,6,10,15H,4-5,8H2,1H3. The van der Waals surface area contributed by atoms with Gasteiger partial charge in [0.05, 0.1) is 28.7 Å². The quantitative estimate of drug-likeness (QED) is 0.802. The second-order valence-corrected chi connectivity index (χ2v) is 4.67. The minimum Gasteiger partial charge on any atom is -0.315 e. The molecule has 0 aliphatic carbocycles. The van der Waals surface area contributed by atoms with E-state index in [0.29, 0.717) is 5.56 Å². The molecule has 1 aliphatic heterocycles. The molecule has 18 heavy (non-hydrogen) atoms. The molecule has 2 heterocycles. The molecule has 1 saturated heterocycles. The third kappa shape index (κ3) is 1.46. The molecular weight excluding hydrogens is 228 g/mol. The summed E-state index contributed by atoms with van der Waals surface area (Å²) in [6, 6.07) is 7.71. The SMILES string of the molecule is Cn1c(=O)n(C2CCNC2)c2cc(C#N)ccc21. The van der Waals surface area contributed by atoms with Gasteiger partial charge in [-0.1, -0.05) is 0 Å². The molecule has 1 aromatic heterocycles. The Morgan fingerprint density at radius 3 is 2.94 bits per heavy atom. The Hall–Kier alpha value is -2.06. The number of fused-ring (bicyclic) bond motifs is 1. The average molecular weight is 242 g/mol. The summed E-state index contributed by atoms with van der Waals surface area (Å²) in [6.07, 6.45) is 0.954. The largest absolute Gasteiger partial charge is 0.329 e. The molecule has 1 unspecified atom stereocenters. The maximum absolute atomic E-state index is 12.3. The molecule has 3 rings (SSSR count). The van der Waals surface area contributed by atoms with Gasteiger partial charge in [-0.05, 0) is 31.2 Å². The summed E-state index contributed by atoms with van der Waals surface area (Å²) in [5.74, 6) is 0. The molecule has 2 aromatic rings. The fraction of sp³-hybridized carbons (Fsp3) is 0.385. The van der Waals surface area contributed by atoms with Gasteiger partial charge >= 0.3 is 5.69 Å². The molecule has 0 radical (unpaired) electrons. The fourth-order valence-electron chi connectivity index (χ4n) is 2.65. The third-order valence-corrected chi connectivity index (χ3v) is 3.62. The van der Waals surface area contributed by atoms with Crippen molar-refractivity contribution in [2.45, 2.75) is 12.5 Å². The number of nitrogens with zero attached hydrogens (tertiary/aromatic N) is 3. The van der Waals surface area contributed by atoms with E-state index in [9.17, 15) is 4.79 Å². The van der Waals surface area contributed by atoms with Gasteiger partial charge in [0.1, 0.15) is 0 Å². The van der Waals surface area contributed by atoms with Gasteiger partial charge in [-0.2, -0.15) is 5.26 Å². The van der Waals surface area contributed by atoms with Crippen LogP contribution in [-0.4, -0.2) is 22.2 Å². The van der Waals surface area contributed by atoms with Crippen LogP contribution in [0.15, 0.2) is 23.0 Å². The van der Waals surface area contributed by atoms with Gasteiger partial charge < -0.3 is 5.32 Å². The number of nitriles is 1. The van der Waals surface area contributed by atoms with Crippen LogP contribution in [0.4, 0.5) is 0 Å². The van der Waals surface area contributed by atoms with Crippen LogP contribution in [0.2, 0.25) is 0 Å². The molecular formula is C13H14N4O. The number of aryl methyl sites for hydroxylation is 1. The molecule has 5 nitrogen and oxygen atoms in total. The number of hydrogen-bond acceptors (Lipinski definition) is 3. The van der Waals surface area contributed by atoms with E-state index < -0.39 is 0 Å². The van der Waals surface area contributed by atoms with Crippen molar-refractivity contribution in [1.29, 1.82) is 5.26 Å². The zero-order valence-electron chi connectivity index (χ0n) is 10.2. The number of aromatic nitrogens is 2. The first-order chi connectivity index (χ1) is 8.72. The second-order valence-electron chi connectivity index (χ2n) is 4.67. The summed E-state index contributed by atoms with van der Waals surface area (Å²) < 4.78 is 3.46. The monoisotopic (exact) mass is 242 g/mol. The summed E-state index contributed by atoms with van der Waals surface area (Å²) in [6.45, 7) is 1.75. The molecule has 1 fully saturated rings. The zero-order valence-corrected chi connectivity index (χ0v) is 10.2. The molecule has 5 heteroatoms. The van der Waals surface area contributed by atoms with Crippen LogP contribution < -0.4 is 11.0 Å². The van der Waals surface area contributed by atoms with E-state index in [2.05, 4.69) is 11.4 Å². The number of nitrogens with one attached hydrogen (secondary N) is 1. The lowest BCUT2D eigenvalue weighted by Crippen LogP contribution is -2.27. The van der Waals surface area contributed by atoms with E-state index in [1.807, 2.05) is 10.6 Å². The van der Waals surface area contributed by atoms with Gasteiger partial charge in [0, 0.05) is 13.6 Å². The zero-order chi connectivity index (χ0) is 12.7. The van der Waals surface area contributed by atoms with Crippen LogP contribution in [0.5, 0.6) is 0 Å². The molecule has 92 valence electrons. The molecule has 0 saturated carbocycles. The minimum atomic E-state index is -0.00575. The van der Waals surface area contributed by atoms with Crippen LogP contribution in [-0.2, 0) is 7.05 Å². The van der Waals surface area contributed by atoms with Crippen LogP contribution >= 0.6 is 0 Å². The highest BCUT2D eigenvalue weighted by atomic mass is 16.1. The Balaban J connectivity index is 2.31. The van der Waals surface area contributed by atoms with E-state index in [4.69, 9.17) is 5.26 Å². The van der Waals surface area contributed by atoms with Gasteiger partial charge in [0.2, 0.25) is 0 Å². The van der Waals surface area contributed by atoms with Crippen molar-refractivity contribution in [3.05, 3.63) is 34.2 Å². The molecule has 1 atom stereocenters. The summed E-state index contributed by atoms with van der Waals surface area (Å²) >= 11 is 0. The van der Waals surface area contributed by atoms with Crippen molar-refractivity contribution < 1.29 is 0 Å². The van der Waals surface area contributed by atoms with Crippen molar-refractivity contribution in [1.82, 2.24) is 14.5 Å². The highest BCUT2D eigenvalue weighted by Gasteiger charge is 2.22. The normalized spacial score (nSPS) is 19.2. The van der Waals surface area contributed by atoms with E-state index in [-0.39, 0.29) is 11.7 Å². The lowest BCUT2D eigenvalue weighted by Gasteiger charge is -2.10. The molecule has 0 amide bonds. The Morgan fingerprint density at radius 1 is 1.44 bits per heavy atom. The lowest BCUT2D eigenvalue weighted by atomic mass is 10.2. The molecule has 0 spiro atoms. The minimum absolute atomic E-state index is 0.00575. The molecule has 1 aromatic carbocycles. The summed E-state index contributed by atoms with van der Waals surface area (Å²) in [5.41, 5.74) is 2.32. The van der Waals surface area contributed by atoms with Gasteiger partial charge in [-0.3, -0.25) is 9.13 Å². The summed E-state index contributed by atoms with van der Waals surface area (Å²) in [5, 5.41) is 12.2. The third-order valence-electron chi connectivity index (χ3n) is 3.62. The highest BCUT2D eigenvalue weighted by molar-refractivity contribution is 5.78. The van der Waals surface area contributed by atoms with Crippen molar-refractivity contribution in [3.8, 4) is 6.07 Å². The van der Waals surface area contributed by atoms with Crippen molar-refractivity contribution >= 4 is 11.0 Å². The summed E-state index contributed by atoms with van der Waals surface area (Å²) in [4.78, 5) is 12.3. The predicted octanol–water partition coefficient (Wildman–Crippen LogP) is 0.746. The smallest absolute Gasteiger partial charge is 0.315 e. The van der Waals surface area contributed by atoms with Gasteiger partial charge in [-0.15, -0.1) is 0 Å².